The van der Waals surface area contributed by atoms with E-state index in [1.165, 1.54) is 19.4 Å². The molecule has 0 spiro atoms. The van der Waals surface area contributed by atoms with Gasteiger partial charge in [0, 0.05) is 24.7 Å². The summed E-state index contributed by atoms with van der Waals surface area (Å²) in [4.78, 5) is 14.3. The van der Waals surface area contributed by atoms with Crippen LogP contribution < -0.4 is 11.1 Å². The second-order valence-corrected chi connectivity index (χ2v) is 5.16. The summed E-state index contributed by atoms with van der Waals surface area (Å²) in [7, 11) is 0. The molecule has 2 aliphatic heterocycles. The molecule has 3 N–H and O–H groups in total. The van der Waals surface area contributed by atoms with Crippen molar-refractivity contribution in [3.8, 4) is 0 Å². The van der Waals surface area contributed by atoms with Crippen LogP contribution in [-0.2, 0) is 4.79 Å². The first-order valence-electron chi connectivity index (χ1n) is 6.06. The number of carbonyl (C=O) groups excluding carboxylic acids is 1. The highest BCUT2D eigenvalue weighted by Crippen LogP contribution is 2.31. The number of hydrogen-bond acceptors (Lipinski definition) is 3. The van der Waals surface area contributed by atoms with Crippen molar-refractivity contribution in [3.05, 3.63) is 0 Å². The van der Waals surface area contributed by atoms with Crippen LogP contribution in [0.4, 0.5) is 0 Å². The molecule has 2 heterocycles. The van der Waals surface area contributed by atoms with E-state index in [2.05, 4.69) is 10.2 Å². The molecular formula is C11H19N3O. The third-order valence-electron chi connectivity index (χ3n) is 4.11. The normalized spacial score (nSPS) is 44.1. The first-order chi connectivity index (χ1) is 7.25. The highest BCUT2D eigenvalue weighted by atomic mass is 16.2. The summed E-state index contributed by atoms with van der Waals surface area (Å²) in [6.45, 7) is 2.38. The molecule has 3 rings (SSSR count). The molecule has 4 nitrogen and oxygen atoms in total. The zero-order valence-electron chi connectivity index (χ0n) is 8.98. The van der Waals surface area contributed by atoms with Crippen LogP contribution in [0, 0.1) is 5.92 Å². The van der Waals surface area contributed by atoms with E-state index in [0.29, 0.717) is 12.1 Å². The van der Waals surface area contributed by atoms with Crippen molar-refractivity contribution in [2.75, 3.05) is 13.1 Å². The summed E-state index contributed by atoms with van der Waals surface area (Å²) < 4.78 is 0. The Hall–Kier alpha value is -0.610. The lowest BCUT2D eigenvalue weighted by Crippen LogP contribution is -2.43. The molecule has 0 radical (unpaired) electrons. The molecule has 0 bridgehead atoms. The minimum absolute atomic E-state index is 0.112. The maximum atomic E-state index is 11.8. The lowest BCUT2D eigenvalue weighted by Gasteiger charge is -2.21. The van der Waals surface area contributed by atoms with Crippen molar-refractivity contribution >= 4 is 5.91 Å². The summed E-state index contributed by atoms with van der Waals surface area (Å²) in [5, 5.41) is 3.18. The molecule has 4 unspecified atom stereocenters. The van der Waals surface area contributed by atoms with Crippen LogP contribution in [-0.4, -0.2) is 42.0 Å². The van der Waals surface area contributed by atoms with Gasteiger partial charge in [0.05, 0.1) is 5.92 Å². The lowest BCUT2D eigenvalue weighted by atomic mass is 10.1. The summed E-state index contributed by atoms with van der Waals surface area (Å²) in [5.74, 6) is 0.307. The largest absolute Gasteiger partial charge is 0.351 e. The molecule has 3 fully saturated rings. The Morgan fingerprint density at radius 1 is 1.33 bits per heavy atom. The summed E-state index contributed by atoms with van der Waals surface area (Å²) in [6.07, 6.45) is 4.55. The third-order valence-corrected chi connectivity index (χ3v) is 4.11. The number of carbonyl (C=O) groups is 1. The first kappa shape index (κ1) is 9.60. The van der Waals surface area contributed by atoms with Crippen LogP contribution in [0.2, 0.25) is 0 Å². The minimum Gasteiger partial charge on any atom is -0.351 e. The number of nitrogens with zero attached hydrogens (tertiary/aromatic N) is 1. The Kier molecular flexibility index (Phi) is 2.21. The lowest BCUT2D eigenvalue weighted by molar-refractivity contribution is -0.123. The van der Waals surface area contributed by atoms with E-state index >= 15 is 0 Å². The van der Waals surface area contributed by atoms with Gasteiger partial charge in [-0.15, -0.1) is 0 Å². The zero-order chi connectivity index (χ0) is 10.4. The Morgan fingerprint density at radius 3 is 2.87 bits per heavy atom. The van der Waals surface area contributed by atoms with Crippen molar-refractivity contribution in [3.63, 3.8) is 0 Å². The Morgan fingerprint density at radius 2 is 2.13 bits per heavy atom. The van der Waals surface area contributed by atoms with E-state index in [9.17, 15) is 4.79 Å². The van der Waals surface area contributed by atoms with Gasteiger partial charge >= 0.3 is 0 Å². The topological polar surface area (TPSA) is 58.4 Å². The van der Waals surface area contributed by atoms with E-state index in [1.807, 2.05) is 0 Å². The van der Waals surface area contributed by atoms with Gasteiger partial charge in [-0.3, -0.25) is 9.69 Å². The van der Waals surface area contributed by atoms with Crippen LogP contribution in [0.25, 0.3) is 0 Å². The number of fused-ring (bicyclic) bond motifs is 1. The third kappa shape index (κ3) is 1.66. The Balaban J connectivity index is 1.57. The maximum Gasteiger partial charge on any atom is 0.225 e. The quantitative estimate of drug-likeness (QED) is 0.655. The molecule has 3 aliphatic rings. The average Bonchev–Trinajstić information content (AvgIpc) is 2.64. The second-order valence-electron chi connectivity index (χ2n) is 5.16. The summed E-state index contributed by atoms with van der Waals surface area (Å²) in [6, 6.07) is 1.14. The fourth-order valence-corrected chi connectivity index (χ4v) is 3.06. The molecule has 2 saturated heterocycles. The molecule has 0 aromatic heterocycles. The predicted molar refractivity (Wildman–Crippen MR) is 57.2 cm³/mol. The predicted octanol–water partition coefficient (Wildman–Crippen LogP) is -0.313. The SMILES string of the molecule is NC1CC1C(=O)NC1CCN2CCCC12. The maximum absolute atomic E-state index is 11.8. The van der Waals surface area contributed by atoms with E-state index in [0.717, 1.165) is 19.4 Å². The van der Waals surface area contributed by atoms with Gasteiger partial charge in [0.2, 0.25) is 5.91 Å². The fourth-order valence-electron chi connectivity index (χ4n) is 3.06. The number of nitrogens with two attached hydrogens (primary N) is 1. The smallest absolute Gasteiger partial charge is 0.225 e. The van der Waals surface area contributed by atoms with Gasteiger partial charge in [-0.2, -0.15) is 0 Å². The van der Waals surface area contributed by atoms with Gasteiger partial charge in [0.1, 0.15) is 0 Å². The van der Waals surface area contributed by atoms with Crippen LogP contribution in [0.3, 0.4) is 0 Å². The second kappa shape index (κ2) is 3.46. The van der Waals surface area contributed by atoms with Crippen molar-refractivity contribution in [1.82, 2.24) is 10.2 Å². The van der Waals surface area contributed by atoms with Crippen LogP contribution in [0.15, 0.2) is 0 Å². The van der Waals surface area contributed by atoms with Crippen LogP contribution in [0.1, 0.15) is 25.7 Å². The average molecular weight is 209 g/mol. The molecule has 4 atom stereocenters. The summed E-state index contributed by atoms with van der Waals surface area (Å²) >= 11 is 0. The van der Waals surface area contributed by atoms with E-state index in [1.54, 1.807) is 0 Å². The van der Waals surface area contributed by atoms with Gasteiger partial charge in [0.15, 0.2) is 0 Å². The standard InChI is InChI=1S/C11H19N3O/c12-8-6-7(8)11(15)13-9-3-5-14-4-1-2-10(9)14/h7-10H,1-6,12H2,(H,13,15). The van der Waals surface area contributed by atoms with Gasteiger partial charge in [-0.05, 0) is 32.2 Å². The number of hydrogen-bond donors (Lipinski definition) is 2. The number of rotatable bonds is 2. The highest BCUT2D eigenvalue weighted by Gasteiger charge is 2.43. The van der Waals surface area contributed by atoms with Gasteiger partial charge in [-0.1, -0.05) is 0 Å². The molecular weight excluding hydrogens is 190 g/mol. The van der Waals surface area contributed by atoms with Gasteiger partial charge in [0.25, 0.3) is 0 Å². The molecule has 0 aromatic rings. The molecule has 1 aliphatic carbocycles. The molecule has 15 heavy (non-hydrogen) atoms. The van der Waals surface area contributed by atoms with Crippen LogP contribution in [0.5, 0.6) is 0 Å². The molecule has 4 heteroatoms. The van der Waals surface area contributed by atoms with Gasteiger partial charge < -0.3 is 11.1 Å². The zero-order valence-corrected chi connectivity index (χ0v) is 8.98. The number of nitrogens with one attached hydrogen (secondary N) is 1. The molecule has 1 amide bonds. The highest BCUT2D eigenvalue weighted by molar-refractivity contribution is 5.82. The summed E-state index contributed by atoms with van der Waals surface area (Å²) in [5.41, 5.74) is 5.68. The van der Waals surface area contributed by atoms with E-state index in [-0.39, 0.29) is 17.9 Å². The van der Waals surface area contributed by atoms with Gasteiger partial charge in [-0.25, -0.2) is 0 Å². The molecule has 0 aromatic carbocycles. The minimum atomic E-state index is 0.112. The first-order valence-corrected chi connectivity index (χ1v) is 6.06. The van der Waals surface area contributed by atoms with Crippen molar-refractivity contribution in [2.24, 2.45) is 11.7 Å². The van der Waals surface area contributed by atoms with Crippen molar-refractivity contribution in [2.45, 2.75) is 43.8 Å². The van der Waals surface area contributed by atoms with E-state index in [4.69, 9.17) is 5.73 Å². The van der Waals surface area contributed by atoms with Crippen molar-refractivity contribution in [1.29, 1.82) is 0 Å². The Bertz CT molecular complexity index is 281. The number of amides is 1. The fraction of sp³-hybridized carbons (Fsp3) is 0.909. The van der Waals surface area contributed by atoms with E-state index < -0.39 is 0 Å². The van der Waals surface area contributed by atoms with Crippen LogP contribution >= 0.6 is 0 Å². The monoisotopic (exact) mass is 209 g/mol. The molecule has 84 valence electrons. The Labute approximate surface area is 90.2 Å². The van der Waals surface area contributed by atoms with Crippen molar-refractivity contribution < 1.29 is 4.79 Å². The molecule has 1 saturated carbocycles.